The number of nitrogens with zero attached hydrogens (tertiary/aromatic N) is 2. The van der Waals surface area contributed by atoms with E-state index < -0.39 is 5.41 Å². The molecule has 0 radical (unpaired) electrons. The van der Waals surface area contributed by atoms with Crippen LogP contribution in [0.25, 0.3) is 55.7 Å². The number of hydrogen-bond acceptors (Lipinski definition) is 2. The van der Waals surface area contributed by atoms with Crippen molar-refractivity contribution in [1.29, 1.82) is 0 Å². The van der Waals surface area contributed by atoms with Crippen LogP contribution in [-0.4, -0.2) is 21.1 Å². The maximum absolute atomic E-state index is 5.14. The van der Waals surface area contributed by atoms with Crippen LogP contribution < -0.4 is 5.32 Å². The molecule has 2 aliphatic rings. The molecule has 232 valence electrons. The molecule has 0 spiro atoms. The third-order valence-electron chi connectivity index (χ3n) is 10.3. The van der Waals surface area contributed by atoms with Crippen molar-refractivity contribution in [3.8, 4) is 28.2 Å². The number of pyridine rings is 1. The summed E-state index contributed by atoms with van der Waals surface area (Å²) in [5.41, 5.74) is 14.4. The normalized spacial score (nSPS) is 14.4. The first-order chi connectivity index (χ1) is 24.3. The molecule has 4 heteroatoms. The third-order valence-corrected chi connectivity index (χ3v) is 10.3. The number of aromatic nitrogens is 3. The van der Waals surface area contributed by atoms with E-state index in [0.29, 0.717) is 0 Å². The number of hydrogen-bond donors (Lipinski definition) is 2. The van der Waals surface area contributed by atoms with Gasteiger partial charge in [0.25, 0.3) is 0 Å². The van der Waals surface area contributed by atoms with Gasteiger partial charge in [-0.1, -0.05) is 121 Å². The fourth-order valence-electron chi connectivity index (χ4n) is 8.24. The lowest BCUT2D eigenvalue weighted by Gasteiger charge is -2.34. The van der Waals surface area contributed by atoms with Crippen molar-refractivity contribution in [3.63, 3.8) is 0 Å². The Bertz CT molecular complexity index is 2560. The van der Waals surface area contributed by atoms with Crippen molar-refractivity contribution >= 4 is 27.5 Å². The average Bonchev–Trinajstić information content (AvgIpc) is 3.90. The van der Waals surface area contributed by atoms with Crippen molar-refractivity contribution < 1.29 is 0 Å². The SMILES string of the molecule is C1=CCNC(c2cc(-n3c4ccccc4c4ccc(C5(c6ccccc6)c6ccccc6-c6ccccc65)cc43)cc(-c3ccc[nH]3)n2)=C1. The minimum absolute atomic E-state index is 0.480. The van der Waals surface area contributed by atoms with Crippen LogP contribution in [0, 0.1) is 0 Å². The molecule has 0 saturated carbocycles. The topological polar surface area (TPSA) is 45.6 Å². The number of dihydropyridines is 1. The van der Waals surface area contributed by atoms with Gasteiger partial charge in [0.2, 0.25) is 0 Å². The maximum Gasteiger partial charge on any atom is 0.0893 e. The van der Waals surface area contributed by atoms with Gasteiger partial charge in [-0.2, -0.15) is 0 Å². The highest BCUT2D eigenvalue weighted by Gasteiger charge is 2.46. The molecule has 0 unspecified atom stereocenters. The third kappa shape index (κ3) is 4.07. The highest BCUT2D eigenvalue weighted by Crippen LogP contribution is 2.56. The Kier molecular flexibility index (Phi) is 6.12. The average molecular weight is 629 g/mol. The minimum atomic E-state index is -0.480. The van der Waals surface area contributed by atoms with Crippen LogP contribution in [0.2, 0.25) is 0 Å². The molecule has 0 saturated heterocycles. The number of para-hydroxylation sites is 1. The Morgan fingerprint density at radius 3 is 2.06 bits per heavy atom. The molecule has 5 aromatic carbocycles. The summed E-state index contributed by atoms with van der Waals surface area (Å²) < 4.78 is 2.43. The van der Waals surface area contributed by atoms with Crippen LogP contribution in [-0.2, 0) is 5.41 Å². The lowest BCUT2D eigenvalue weighted by Crippen LogP contribution is -2.28. The first kappa shape index (κ1) is 27.7. The molecule has 4 nitrogen and oxygen atoms in total. The van der Waals surface area contributed by atoms with E-state index in [1.165, 1.54) is 44.2 Å². The largest absolute Gasteiger partial charge is 0.380 e. The summed E-state index contributed by atoms with van der Waals surface area (Å²) in [6.45, 7) is 0.777. The first-order valence-corrected chi connectivity index (χ1v) is 16.9. The summed E-state index contributed by atoms with van der Waals surface area (Å²) in [4.78, 5) is 8.53. The molecule has 8 aromatic rings. The van der Waals surface area contributed by atoms with Crippen LogP contribution in [0.4, 0.5) is 0 Å². The van der Waals surface area contributed by atoms with Crippen molar-refractivity contribution in [2.45, 2.75) is 5.41 Å². The maximum atomic E-state index is 5.14. The number of rotatable bonds is 5. The molecular weight excluding hydrogens is 597 g/mol. The molecule has 1 aliphatic carbocycles. The molecule has 0 fully saturated rings. The van der Waals surface area contributed by atoms with E-state index in [1.807, 2.05) is 12.3 Å². The second-order valence-electron chi connectivity index (χ2n) is 12.9. The van der Waals surface area contributed by atoms with Gasteiger partial charge in [0.05, 0.1) is 44.9 Å². The van der Waals surface area contributed by atoms with Crippen molar-refractivity contribution in [3.05, 3.63) is 198 Å². The number of benzene rings is 5. The van der Waals surface area contributed by atoms with E-state index in [-0.39, 0.29) is 0 Å². The van der Waals surface area contributed by atoms with Gasteiger partial charge in [-0.15, -0.1) is 0 Å². The van der Waals surface area contributed by atoms with Crippen LogP contribution >= 0.6 is 0 Å². The predicted octanol–water partition coefficient (Wildman–Crippen LogP) is 10.0. The van der Waals surface area contributed by atoms with Gasteiger partial charge >= 0.3 is 0 Å². The van der Waals surface area contributed by atoms with E-state index in [1.54, 1.807) is 0 Å². The number of fused-ring (bicyclic) bond motifs is 6. The molecule has 2 N–H and O–H groups in total. The Balaban J connectivity index is 1.30. The molecule has 49 heavy (non-hydrogen) atoms. The van der Waals surface area contributed by atoms with Gasteiger partial charge in [0.15, 0.2) is 0 Å². The quantitative estimate of drug-likeness (QED) is 0.199. The Morgan fingerprint density at radius 2 is 1.31 bits per heavy atom. The van der Waals surface area contributed by atoms with Gasteiger partial charge in [-0.05, 0) is 75.9 Å². The molecular formula is C45H32N4. The lowest BCUT2D eigenvalue weighted by molar-refractivity contribution is 0.769. The van der Waals surface area contributed by atoms with Crippen LogP contribution in [0.5, 0.6) is 0 Å². The summed E-state index contributed by atoms with van der Waals surface area (Å²) in [6, 6.07) is 53.3. The standard InChI is InChI=1S/C45H32N4/c1-2-13-30(14-3-1)45(37-18-7-4-15-33(37)34-16-5-8-19-38(34)45)31-23-24-36-35-17-6-9-22-43(35)49(44(36)27-31)32-28-41(39-20-10-11-25-46-39)48-42(29-32)40-21-12-26-47-40/h1-24,26-29,46-47H,25H2. The van der Waals surface area contributed by atoms with E-state index in [0.717, 1.165) is 46.0 Å². The zero-order valence-electron chi connectivity index (χ0n) is 26.8. The van der Waals surface area contributed by atoms with Gasteiger partial charge in [0, 0.05) is 23.5 Å². The summed E-state index contributed by atoms with van der Waals surface area (Å²) in [7, 11) is 0. The molecule has 10 rings (SSSR count). The minimum Gasteiger partial charge on any atom is -0.380 e. The Hall–Kier alpha value is -6.39. The Labute approximate surface area is 284 Å². The monoisotopic (exact) mass is 628 g/mol. The highest BCUT2D eigenvalue weighted by molar-refractivity contribution is 6.10. The number of nitrogens with one attached hydrogen (secondary N) is 2. The second-order valence-corrected chi connectivity index (χ2v) is 12.9. The molecule has 4 heterocycles. The molecule has 0 bridgehead atoms. The summed E-state index contributed by atoms with van der Waals surface area (Å²) >= 11 is 0. The zero-order valence-corrected chi connectivity index (χ0v) is 26.8. The zero-order chi connectivity index (χ0) is 32.4. The van der Waals surface area contributed by atoms with Crippen molar-refractivity contribution in [2.24, 2.45) is 0 Å². The molecule has 3 aromatic heterocycles. The van der Waals surface area contributed by atoms with Crippen molar-refractivity contribution in [1.82, 2.24) is 19.9 Å². The summed E-state index contributed by atoms with van der Waals surface area (Å²) in [5, 5.41) is 5.98. The van der Waals surface area contributed by atoms with Gasteiger partial charge in [-0.25, -0.2) is 4.98 Å². The van der Waals surface area contributed by atoms with Crippen LogP contribution in [0.3, 0.4) is 0 Å². The summed E-state index contributed by atoms with van der Waals surface area (Å²) in [5.74, 6) is 0. The van der Waals surface area contributed by atoms with Gasteiger partial charge < -0.3 is 14.9 Å². The highest BCUT2D eigenvalue weighted by atomic mass is 15.0. The molecule has 0 atom stereocenters. The predicted molar refractivity (Wildman–Crippen MR) is 201 cm³/mol. The summed E-state index contributed by atoms with van der Waals surface area (Å²) in [6.07, 6.45) is 8.28. The molecule has 1 aliphatic heterocycles. The number of allylic oxidation sites excluding steroid dienone is 2. The van der Waals surface area contributed by atoms with Crippen LogP contribution in [0.1, 0.15) is 27.9 Å². The van der Waals surface area contributed by atoms with E-state index in [4.69, 9.17) is 4.98 Å². The fraction of sp³-hybridized carbons (Fsp3) is 0.0444. The van der Waals surface area contributed by atoms with Crippen molar-refractivity contribution in [2.75, 3.05) is 6.54 Å². The van der Waals surface area contributed by atoms with Gasteiger partial charge in [0.1, 0.15) is 0 Å². The first-order valence-electron chi connectivity index (χ1n) is 16.9. The van der Waals surface area contributed by atoms with E-state index >= 15 is 0 Å². The van der Waals surface area contributed by atoms with Crippen LogP contribution in [0.15, 0.2) is 170 Å². The molecule has 0 amide bonds. The fourth-order valence-corrected chi connectivity index (χ4v) is 8.24. The lowest BCUT2D eigenvalue weighted by atomic mass is 9.67. The van der Waals surface area contributed by atoms with E-state index in [9.17, 15) is 0 Å². The second kappa shape index (κ2) is 10.8. The Morgan fingerprint density at radius 1 is 0.592 bits per heavy atom. The number of H-pyrrole nitrogens is 1. The number of aromatic amines is 1. The van der Waals surface area contributed by atoms with E-state index in [2.05, 4.69) is 173 Å². The smallest absolute Gasteiger partial charge is 0.0893 e. The van der Waals surface area contributed by atoms with Gasteiger partial charge in [-0.3, -0.25) is 0 Å².